The van der Waals surface area contributed by atoms with Gasteiger partial charge in [-0.1, -0.05) is 6.58 Å². The smallest absolute Gasteiger partial charge is 0.341 e. The first-order chi connectivity index (χ1) is 16.7. The standard InChI is InChI=1S/C23H13F2N3O7/c1-10-6-17-16(26-15-3-2-11(28(32)33)7-18(15)35-17)4-5-34-22-19(25)14(24)8-12-20(22)27(10)9-13(21(12)29)23(30)31/h2-4,6-9,26H,1,5H2,(H,30,31)/b16-4+,17-6+. The molecule has 3 heterocycles. The number of aromatic nitrogens is 1. The molecule has 2 N–H and O–H groups in total. The van der Waals surface area contributed by atoms with Crippen molar-refractivity contribution in [2.45, 2.75) is 0 Å². The number of hydrogen-bond donors (Lipinski definition) is 2. The number of non-ortho nitro benzene ring substituents is 1. The fourth-order valence-electron chi connectivity index (χ4n) is 3.79. The van der Waals surface area contributed by atoms with E-state index in [0.29, 0.717) is 17.5 Å². The number of hydrogen-bond acceptors (Lipinski definition) is 7. The summed E-state index contributed by atoms with van der Waals surface area (Å²) in [5, 5.41) is 23.2. The third kappa shape index (κ3) is 3.47. The predicted molar refractivity (Wildman–Crippen MR) is 119 cm³/mol. The zero-order chi connectivity index (χ0) is 25.0. The number of carbonyl (C=O) groups is 1. The number of carboxylic acids is 1. The summed E-state index contributed by atoms with van der Waals surface area (Å²) in [7, 11) is 0. The number of nitro groups is 1. The van der Waals surface area contributed by atoms with Crippen LogP contribution in [0.4, 0.5) is 20.2 Å². The van der Waals surface area contributed by atoms with Gasteiger partial charge in [0, 0.05) is 24.0 Å². The van der Waals surface area contributed by atoms with Gasteiger partial charge in [-0.05, 0) is 18.2 Å². The minimum Gasteiger partial charge on any atom is -0.484 e. The number of fused-ring (bicyclic) bond motifs is 2. The van der Waals surface area contributed by atoms with Gasteiger partial charge < -0.3 is 24.5 Å². The van der Waals surface area contributed by atoms with Crippen molar-refractivity contribution in [3.05, 3.63) is 98.2 Å². The highest BCUT2D eigenvalue weighted by molar-refractivity contribution is 5.96. The van der Waals surface area contributed by atoms with E-state index in [2.05, 4.69) is 11.9 Å². The number of nitrogens with zero attached hydrogens (tertiary/aromatic N) is 2. The van der Waals surface area contributed by atoms with E-state index < -0.39 is 44.7 Å². The molecule has 12 heteroatoms. The molecule has 0 spiro atoms. The number of carboxylic acid groups (broad SMARTS) is 1. The Labute approximate surface area is 193 Å². The number of pyridine rings is 1. The second-order valence-electron chi connectivity index (χ2n) is 7.54. The molecule has 176 valence electrons. The Kier molecular flexibility index (Phi) is 4.86. The molecule has 2 aliphatic rings. The van der Waals surface area contributed by atoms with Crippen LogP contribution in [0.1, 0.15) is 10.4 Å². The summed E-state index contributed by atoms with van der Waals surface area (Å²) in [5.41, 5.74) is -1.44. The highest BCUT2D eigenvalue weighted by Gasteiger charge is 2.27. The zero-order valence-electron chi connectivity index (χ0n) is 17.5. The van der Waals surface area contributed by atoms with E-state index in [1.807, 2.05) is 0 Å². The molecular formula is C23H13F2N3O7. The molecule has 0 atom stereocenters. The van der Waals surface area contributed by atoms with Crippen molar-refractivity contribution in [3.63, 3.8) is 0 Å². The van der Waals surface area contributed by atoms with Crippen LogP contribution in [-0.2, 0) is 0 Å². The van der Waals surface area contributed by atoms with Crippen LogP contribution in [0.3, 0.4) is 0 Å². The minimum atomic E-state index is -1.58. The summed E-state index contributed by atoms with van der Waals surface area (Å²) in [6.45, 7) is 3.56. The molecule has 0 fully saturated rings. The van der Waals surface area contributed by atoms with Crippen molar-refractivity contribution < 1.29 is 33.1 Å². The molecule has 0 radical (unpaired) electrons. The zero-order valence-corrected chi connectivity index (χ0v) is 17.5. The third-order valence-corrected chi connectivity index (χ3v) is 5.42. The maximum absolute atomic E-state index is 14.8. The van der Waals surface area contributed by atoms with Crippen LogP contribution in [-0.4, -0.2) is 27.2 Å². The molecule has 3 aromatic rings. The lowest BCUT2D eigenvalue weighted by Crippen LogP contribution is -2.21. The number of halogens is 2. The largest absolute Gasteiger partial charge is 0.484 e. The normalized spacial score (nSPS) is 17.4. The molecule has 10 nitrogen and oxygen atoms in total. The van der Waals surface area contributed by atoms with Crippen molar-refractivity contribution in [1.29, 1.82) is 0 Å². The van der Waals surface area contributed by atoms with Crippen LogP contribution < -0.4 is 20.2 Å². The summed E-state index contributed by atoms with van der Waals surface area (Å²) in [5.74, 6) is -4.67. The molecule has 1 aromatic heterocycles. The summed E-state index contributed by atoms with van der Waals surface area (Å²) < 4.78 is 41.5. The number of rotatable bonds is 2. The van der Waals surface area contributed by atoms with Crippen LogP contribution >= 0.6 is 0 Å². The molecule has 0 aliphatic carbocycles. The Morgan fingerprint density at radius 3 is 2.77 bits per heavy atom. The lowest BCUT2D eigenvalue weighted by atomic mass is 10.1. The topological polar surface area (TPSA) is 133 Å². The predicted octanol–water partition coefficient (Wildman–Crippen LogP) is 4.02. The molecule has 0 amide bonds. The average Bonchev–Trinajstić information content (AvgIpc) is 2.81. The monoisotopic (exact) mass is 481 g/mol. The van der Waals surface area contributed by atoms with Crippen LogP contribution in [0.2, 0.25) is 0 Å². The third-order valence-electron chi connectivity index (χ3n) is 5.42. The average molecular weight is 481 g/mol. The van der Waals surface area contributed by atoms with Crippen molar-refractivity contribution in [3.8, 4) is 11.5 Å². The van der Waals surface area contributed by atoms with E-state index in [1.165, 1.54) is 30.4 Å². The molecule has 0 bridgehead atoms. The molecule has 0 saturated carbocycles. The van der Waals surface area contributed by atoms with Gasteiger partial charge in [0.2, 0.25) is 11.2 Å². The maximum Gasteiger partial charge on any atom is 0.341 e. The maximum atomic E-state index is 14.8. The van der Waals surface area contributed by atoms with Gasteiger partial charge in [-0.15, -0.1) is 0 Å². The molecule has 2 aliphatic heterocycles. The lowest BCUT2D eigenvalue weighted by molar-refractivity contribution is -0.384. The Balaban J connectivity index is 1.75. The molecule has 5 rings (SSSR count). The minimum absolute atomic E-state index is 0.00633. The SMILES string of the molecule is C=C1/C=C2/Oc3cc([N+](=O)[O-])ccc3N/C2=C/COc2c(F)c(F)cc3c(=O)c(C(=O)O)cn1c23. The highest BCUT2D eigenvalue weighted by Crippen LogP contribution is 2.39. The van der Waals surface area contributed by atoms with Crippen molar-refractivity contribution in [2.24, 2.45) is 0 Å². The van der Waals surface area contributed by atoms with Crippen molar-refractivity contribution >= 4 is 33.9 Å². The summed E-state index contributed by atoms with van der Waals surface area (Å²) in [4.78, 5) is 34.9. The number of nitro benzene ring substituents is 1. The van der Waals surface area contributed by atoms with E-state index in [-0.39, 0.29) is 35.0 Å². The number of ether oxygens (including phenoxy) is 2. The molecule has 0 saturated heterocycles. The molecular weight excluding hydrogens is 468 g/mol. The van der Waals surface area contributed by atoms with Crippen molar-refractivity contribution in [2.75, 3.05) is 11.9 Å². The van der Waals surface area contributed by atoms with Gasteiger partial charge in [0.1, 0.15) is 17.7 Å². The quantitative estimate of drug-likeness (QED) is 0.414. The fourth-order valence-corrected chi connectivity index (χ4v) is 3.79. The lowest BCUT2D eigenvalue weighted by Gasteiger charge is -2.25. The Hall–Kier alpha value is -5.00. The van der Waals surface area contributed by atoms with Crippen molar-refractivity contribution in [1.82, 2.24) is 4.57 Å². The second-order valence-corrected chi connectivity index (χ2v) is 7.54. The fraction of sp³-hybridized carbons (Fsp3) is 0.0435. The molecule has 2 aromatic carbocycles. The summed E-state index contributed by atoms with van der Waals surface area (Å²) in [6.07, 6.45) is 3.74. The van der Waals surface area contributed by atoms with Gasteiger partial charge in [0.05, 0.1) is 27.8 Å². The Morgan fingerprint density at radius 2 is 2.06 bits per heavy atom. The number of benzene rings is 2. The van der Waals surface area contributed by atoms with Crippen LogP contribution in [0.5, 0.6) is 11.5 Å². The molecule has 0 unspecified atom stereocenters. The van der Waals surface area contributed by atoms with Gasteiger partial charge >= 0.3 is 5.97 Å². The van der Waals surface area contributed by atoms with E-state index >= 15 is 0 Å². The van der Waals surface area contributed by atoms with Gasteiger partial charge in [0.15, 0.2) is 23.1 Å². The number of aromatic carboxylic acids is 1. The first kappa shape index (κ1) is 21.8. The van der Waals surface area contributed by atoms with E-state index in [9.17, 15) is 33.6 Å². The van der Waals surface area contributed by atoms with Gasteiger partial charge in [-0.25, -0.2) is 9.18 Å². The van der Waals surface area contributed by atoms with Crippen LogP contribution in [0.15, 0.2) is 65.4 Å². The van der Waals surface area contributed by atoms with E-state index in [4.69, 9.17) is 9.47 Å². The number of allylic oxidation sites excluding steroid dienone is 2. The Bertz CT molecular complexity index is 1620. The summed E-state index contributed by atoms with van der Waals surface area (Å²) >= 11 is 0. The summed E-state index contributed by atoms with van der Waals surface area (Å²) in [6, 6.07) is 4.53. The van der Waals surface area contributed by atoms with Gasteiger partial charge in [-0.3, -0.25) is 14.9 Å². The van der Waals surface area contributed by atoms with Gasteiger partial charge in [-0.2, -0.15) is 4.39 Å². The number of nitrogens with one attached hydrogen (secondary N) is 1. The van der Waals surface area contributed by atoms with Crippen LogP contribution in [0, 0.1) is 21.7 Å². The number of anilines is 1. The van der Waals surface area contributed by atoms with Gasteiger partial charge in [0.25, 0.3) is 5.69 Å². The first-order valence-electron chi connectivity index (χ1n) is 9.94. The highest BCUT2D eigenvalue weighted by atomic mass is 19.2. The van der Waals surface area contributed by atoms with E-state index in [1.54, 1.807) is 0 Å². The first-order valence-corrected chi connectivity index (χ1v) is 9.94. The Morgan fingerprint density at radius 1 is 1.29 bits per heavy atom. The molecule has 35 heavy (non-hydrogen) atoms. The second kappa shape index (κ2) is 7.80. The van der Waals surface area contributed by atoms with E-state index in [0.717, 1.165) is 10.8 Å². The van der Waals surface area contributed by atoms with Crippen LogP contribution in [0.25, 0.3) is 16.6 Å².